The largest absolute Gasteiger partial charge is 0.484 e. The highest BCUT2D eigenvalue weighted by Gasteiger charge is 2.28. The quantitative estimate of drug-likeness (QED) is 0.401. The lowest BCUT2D eigenvalue weighted by molar-refractivity contribution is -0.153. The number of unbranched alkanes of at least 4 members (excludes halogenated alkanes) is 1. The maximum atomic E-state index is 12.1. The Hall–Kier alpha value is -1.57. The summed E-state index contributed by atoms with van der Waals surface area (Å²) in [6.07, 6.45) is -0.00110. The molecule has 0 aliphatic heterocycles. The Morgan fingerprint density at radius 3 is 2.46 bits per heavy atom. The highest BCUT2D eigenvalue weighted by atomic mass is 32.2. The topological polar surface area (TPSA) is 45.7 Å². The number of guanidine groups is 1. The van der Waals surface area contributed by atoms with Gasteiger partial charge in [-0.05, 0) is 42.5 Å². The lowest BCUT2D eigenvalue weighted by atomic mass is 10.2. The van der Waals surface area contributed by atoms with Gasteiger partial charge in [-0.2, -0.15) is 24.9 Å². The van der Waals surface area contributed by atoms with Gasteiger partial charge in [-0.25, -0.2) is 0 Å². The van der Waals surface area contributed by atoms with Gasteiger partial charge in [-0.15, -0.1) is 0 Å². The van der Waals surface area contributed by atoms with Gasteiger partial charge in [-0.1, -0.05) is 12.1 Å². The van der Waals surface area contributed by atoms with E-state index in [9.17, 15) is 13.2 Å². The van der Waals surface area contributed by atoms with Gasteiger partial charge in [0.25, 0.3) is 0 Å². The maximum absolute atomic E-state index is 12.1. The summed E-state index contributed by atoms with van der Waals surface area (Å²) in [4.78, 5) is 4.13. The van der Waals surface area contributed by atoms with Crippen LogP contribution < -0.4 is 15.4 Å². The van der Waals surface area contributed by atoms with Gasteiger partial charge in [0, 0.05) is 20.1 Å². The summed E-state index contributed by atoms with van der Waals surface area (Å²) in [6.45, 7) is 0.103. The lowest BCUT2D eigenvalue weighted by Crippen LogP contribution is -2.37. The number of thioether (sulfide) groups is 1. The third-order valence-corrected chi connectivity index (χ3v) is 3.77. The molecule has 0 aliphatic rings. The van der Waals surface area contributed by atoms with Crippen molar-refractivity contribution in [2.24, 2.45) is 4.99 Å². The molecule has 0 amide bonds. The molecule has 0 heterocycles. The van der Waals surface area contributed by atoms with Crippen molar-refractivity contribution in [1.82, 2.24) is 10.6 Å². The van der Waals surface area contributed by atoms with E-state index in [0.29, 0.717) is 12.5 Å². The zero-order valence-electron chi connectivity index (χ0n) is 13.9. The van der Waals surface area contributed by atoms with E-state index < -0.39 is 12.8 Å². The number of alkyl halides is 3. The molecular weight excluding hydrogens is 339 g/mol. The number of aliphatic imine (C=N–C) groups is 1. The number of benzene rings is 1. The highest BCUT2D eigenvalue weighted by Crippen LogP contribution is 2.18. The van der Waals surface area contributed by atoms with E-state index in [4.69, 9.17) is 0 Å². The normalized spacial score (nSPS) is 12.1. The van der Waals surface area contributed by atoms with Crippen LogP contribution in [0, 0.1) is 0 Å². The molecule has 1 aromatic rings. The molecule has 24 heavy (non-hydrogen) atoms. The summed E-state index contributed by atoms with van der Waals surface area (Å²) in [6, 6.07) is 6.51. The van der Waals surface area contributed by atoms with E-state index >= 15 is 0 Å². The van der Waals surface area contributed by atoms with Gasteiger partial charge in [0.2, 0.25) is 0 Å². The molecule has 0 saturated carbocycles. The van der Waals surface area contributed by atoms with Crippen LogP contribution in [0.1, 0.15) is 18.4 Å². The fourth-order valence-corrected chi connectivity index (χ4v) is 2.35. The number of hydrogen-bond acceptors (Lipinski definition) is 3. The fourth-order valence-electron chi connectivity index (χ4n) is 1.85. The summed E-state index contributed by atoms with van der Waals surface area (Å²) < 4.78 is 40.9. The van der Waals surface area contributed by atoms with Crippen LogP contribution in [-0.4, -0.2) is 44.3 Å². The molecule has 2 N–H and O–H groups in total. The zero-order valence-corrected chi connectivity index (χ0v) is 14.8. The molecule has 1 aromatic carbocycles. The van der Waals surface area contributed by atoms with Crippen molar-refractivity contribution < 1.29 is 17.9 Å². The third kappa shape index (κ3) is 9.54. The molecule has 0 unspecified atom stereocenters. The van der Waals surface area contributed by atoms with Crippen LogP contribution in [0.15, 0.2) is 29.3 Å². The molecule has 0 bridgehead atoms. The molecule has 0 atom stereocenters. The van der Waals surface area contributed by atoms with Crippen molar-refractivity contribution in [3.8, 4) is 5.75 Å². The predicted octanol–water partition coefficient (Wildman–Crippen LogP) is 3.44. The SMILES string of the molecule is CN=C(NCCCCSC)NCc1ccc(OCC(F)(F)F)cc1. The van der Waals surface area contributed by atoms with Gasteiger partial charge in [0.05, 0.1) is 0 Å². The Balaban J connectivity index is 2.32. The Morgan fingerprint density at radius 2 is 1.88 bits per heavy atom. The van der Waals surface area contributed by atoms with Gasteiger partial charge in [0.15, 0.2) is 12.6 Å². The van der Waals surface area contributed by atoms with Crippen molar-refractivity contribution in [2.75, 3.05) is 32.2 Å². The van der Waals surface area contributed by atoms with Crippen molar-refractivity contribution in [3.05, 3.63) is 29.8 Å². The van der Waals surface area contributed by atoms with E-state index in [1.165, 1.54) is 12.1 Å². The molecule has 0 aromatic heterocycles. The van der Waals surface area contributed by atoms with Crippen molar-refractivity contribution in [1.29, 1.82) is 0 Å². The number of rotatable bonds is 9. The minimum Gasteiger partial charge on any atom is -0.484 e. The fraction of sp³-hybridized carbons (Fsp3) is 0.562. The summed E-state index contributed by atoms with van der Waals surface area (Å²) in [5.74, 6) is 2.06. The van der Waals surface area contributed by atoms with Gasteiger partial charge < -0.3 is 15.4 Å². The van der Waals surface area contributed by atoms with Crippen LogP contribution in [0.3, 0.4) is 0 Å². The van der Waals surface area contributed by atoms with E-state index in [-0.39, 0.29) is 5.75 Å². The summed E-state index contributed by atoms with van der Waals surface area (Å²) in [7, 11) is 1.70. The first-order chi connectivity index (χ1) is 11.4. The zero-order chi connectivity index (χ0) is 17.8. The summed E-state index contributed by atoms with van der Waals surface area (Å²) in [5, 5.41) is 6.39. The van der Waals surface area contributed by atoms with Gasteiger partial charge in [-0.3, -0.25) is 4.99 Å². The monoisotopic (exact) mass is 363 g/mol. The Bertz CT molecular complexity index is 492. The van der Waals surface area contributed by atoms with Crippen LogP contribution in [0.25, 0.3) is 0 Å². The summed E-state index contributed by atoms with van der Waals surface area (Å²) in [5.41, 5.74) is 0.930. The smallest absolute Gasteiger partial charge is 0.422 e. The van der Waals surface area contributed by atoms with Crippen molar-refractivity contribution in [2.45, 2.75) is 25.6 Å². The van der Waals surface area contributed by atoms with Crippen LogP contribution in [0.2, 0.25) is 0 Å². The van der Waals surface area contributed by atoms with Crippen LogP contribution >= 0.6 is 11.8 Å². The van der Waals surface area contributed by atoms with Crippen LogP contribution in [-0.2, 0) is 6.54 Å². The third-order valence-electron chi connectivity index (χ3n) is 3.08. The molecule has 8 heteroatoms. The molecule has 1 rings (SSSR count). The number of nitrogens with zero attached hydrogens (tertiary/aromatic N) is 1. The average Bonchev–Trinajstić information content (AvgIpc) is 2.56. The van der Waals surface area contributed by atoms with E-state index in [2.05, 4.69) is 26.6 Å². The maximum Gasteiger partial charge on any atom is 0.422 e. The first kappa shape index (κ1) is 20.5. The van der Waals surface area contributed by atoms with Gasteiger partial charge in [0.1, 0.15) is 5.75 Å². The highest BCUT2D eigenvalue weighted by molar-refractivity contribution is 7.98. The Morgan fingerprint density at radius 1 is 1.17 bits per heavy atom. The standard InChI is InChI=1S/C16H24F3N3OS/c1-20-15(21-9-3-4-10-24-2)22-11-13-5-7-14(8-6-13)23-12-16(17,18)19/h5-8H,3-4,9-12H2,1-2H3,(H2,20,21,22). The number of hydrogen-bond donors (Lipinski definition) is 2. The van der Waals surface area contributed by atoms with E-state index in [1.54, 1.807) is 19.2 Å². The molecule has 0 radical (unpaired) electrons. The molecule has 4 nitrogen and oxygen atoms in total. The predicted molar refractivity (Wildman–Crippen MR) is 93.8 cm³/mol. The first-order valence-corrected chi connectivity index (χ1v) is 9.06. The minimum atomic E-state index is -4.33. The van der Waals surface area contributed by atoms with Crippen molar-refractivity contribution >= 4 is 17.7 Å². The molecular formula is C16H24F3N3OS. The lowest BCUT2D eigenvalue weighted by Gasteiger charge is -2.12. The van der Waals surface area contributed by atoms with Crippen LogP contribution in [0.5, 0.6) is 5.75 Å². The molecule has 0 aliphatic carbocycles. The number of nitrogens with one attached hydrogen (secondary N) is 2. The van der Waals surface area contributed by atoms with Crippen LogP contribution in [0.4, 0.5) is 13.2 Å². The molecule has 0 saturated heterocycles. The molecule has 0 fully saturated rings. The second kappa shape index (κ2) is 11.1. The number of halogens is 3. The van der Waals surface area contributed by atoms with E-state index in [1.807, 2.05) is 11.8 Å². The molecule has 136 valence electrons. The average molecular weight is 363 g/mol. The Kier molecular flexibility index (Phi) is 9.44. The minimum absolute atomic E-state index is 0.201. The number of ether oxygens (including phenoxy) is 1. The van der Waals surface area contributed by atoms with Gasteiger partial charge >= 0.3 is 6.18 Å². The van der Waals surface area contributed by atoms with Crippen molar-refractivity contribution in [3.63, 3.8) is 0 Å². The first-order valence-electron chi connectivity index (χ1n) is 7.66. The summed E-state index contributed by atoms with van der Waals surface area (Å²) >= 11 is 1.83. The van der Waals surface area contributed by atoms with E-state index in [0.717, 1.165) is 30.7 Å². The Labute approximate surface area is 145 Å². The second-order valence-electron chi connectivity index (χ2n) is 5.10. The second-order valence-corrected chi connectivity index (χ2v) is 6.09. The molecule has 0 spiro atoms.